The summed E-state index contributed by atoms with van der Waals surface area (Å²) < 4.78 is 13.6. The fraction of sp³-hybridized carbons (Fsp3) is 0.353. The molecule has 0 aliphatic heterocycles. The molecule has 0 saturated carbocycles. The SMILES string of the molecule is Cc1nc(NCCc2ccccc2F)cc(C(=O)NC(C)C)n1. The maximum atomic E-state index is 13.6. The Bertz CT molecular complexity index is 688. The number of amides is 1. The van der Waals surface area contributed by atoms with Crippen LogP contribution in [-0.4, -0.2) is 28.5 Å². The Morgan fingerprint density at radius 2 is 2.00 bits per heavy atom. The molecule has 1 amide bonds. The van der Waals surface area contributed by atoms with Gasteiger partial charge >= 0.3 is 0 Å². The van der Waals surface area contributed by atoms with Crippen molar-refractivity contribution in [3.63, 3.8) is 0 Å². The van der Waals surface area contributed by atoms with E-state index >= 15 is 0 Å². The first-order valence-electron chi connectivity index (χ1n) is 7.59. The van der Waals surface area contributed by atoms with Crippen LogP contribution < -0.4 is 10.6 Å². The Balaban J connectivity index is 2.01. The topological polar surface area (TPSA) is 66.9 Å². The largest absolute Gasteiger partial charge is 0.370 e. The van der Waals surface area contributed by atoms with Crippen LogP contribution in [0.3, 0.4) is 0 Å². The van der Waals surface area contributed by atoms with Gasteiger partial charge in [-0.15, -0.1) is 0 Å². The van der Waals surface area contributed by atoms with Crippen molar-refractivity contribution in [2.75, 3.05) is 11.9 Å². The Morgan fingerprint density at radius 1 is 1.26 bits per heavy atom. The van der Waals surface area contributed by atoms with E-state index in [-0.39, 0.29) is 17.8 Å². The normalized spacial score (nSPS) is 10.7. The minimum absolute atomic E-state index is 0.0373. The second-order valence-electron chi connectivity index (χ2n) is 5.58. The molecule has 0 bridgehead atoms. The second-order valence-corrected chi connectivity index (χ2v) is 5.58. The Morgan fingerprint density at radius 3 is 2.70 bits per heavy atom. The molecular weight excluding hydrogens is 295 g/mol. The van der Waals surface area contributed by atoms with Crippen molar-refractivity contribution in [3.8, 4) is 0 Å². The maximum absolute atomic E-state index is 13.6. The van der Waals surface area contributed by atoms with Crippen molar-refractivity contribution in [1.29, 1.82) is 0 Å². The highest BCUT2D eigenvalue weighted by Crippen LogP contribution is 2.10. The van der Waals surface area contributed by atoms with Gasteiger partial charge in [-0.2, -0.15) is 0 Å². The number of carbonyl (C=O) groups excluding carboxylic acids is 1. The molecule has 0 saturated heterocycles. The van der Waals surface area contributed by atoms with Crippen molar-refractivity contribution in [2.24, 2.45) is 0 Å². The molecule has 0 atom stereocenters. The van der Waals surface area contributed by atoms with Crippen LogP contribution in [0, 0.1) is 12.7 Å². The minimum atomic E-state index is -0.234. The number of carbonyl (C=O) groups is 1. The predicted octanol–water partition coefficient (Wildman–Crippen LogP) is 2.72. The van der Waals surface area contributed by atoms with Gasteiger partial charge in [-0.25, -0.2) is 14.4 Å². The maximum Gasteiger partial charge on any atom is 0.270 e. The Labute approximate surface area is 135 Å². The molecule has 1 aromatic heterocycles. The molecule has 5 nitrogen and oxygen atoms in total. The smallest absolute Gasteiger partial charge is 0.270 e. The number of aryl methyl sites for hydroxylation is 1. The van der Waals surface area contributed by atoms with Crippen LogP contribution in [0.15, 0.2) is 30.3 Å². The molecule has 1 heterocycles. The van der Waals surface area contributed by atoms with Crippen molar-refractivity contribution in [2.45, 2.75) is 33.2 Å². The van der Waals surface area contributed by atoms with Crippen molar-refractivity contribution < 1.29 is 9.18 Å². The van der Waals surface area contributed by atoms with Crippen LogP contribution in [0.5, 0.6) is 0 Å². The molecule has 2 aromatic rings. The number of rotatable bonds is 6. The molecule has 0 unspecified atom stereocenters. The molecule has 2 rings (SSSR count). The summed E-state index contributed by atoms with van der Waals surface area (Å²) in [5.41, 5.74) is 0.961. The fourth-order valence-corrected chi connectivity index (χ4v) is 2.14. The van der Waals surface area contributed by atoms with Gasteiger partial charge in [0.15, 0.2) is 0 Å². The van der Waals surface area contributed by atoms with E-state index in [0.717, 1.165) is 0 Å². The first kappa shape index (κ1) is 16.9. The highest BCUT2D eigenvalue weighted by Gasteiger charge is 2.11. The van der Waals surface area contributed by atoms with E-state index in [1.165, 1.54) is 6.07 Å². The number of nitrogens with zero attached hydrogens (tertiary/aromatic N) is 2. The van der Waals surface area contributed by atoms with Crippen molar-refractivity contribution in [1.82, 2.24) is 15.3 Å². The third kappa shape index (κ3) is 5.02. The van der Waals surface area contributed by atoms with Crippen molar-refractivity contribution >= 4 is 11.7 Å². The van der Waals surface area contributed by atoms with Gasteiger partial charge in [0.25, 0.3) is 5.91 Å². The van der Waals surface area contributed by atoms with E-state index in [0.29, 0.717) is 35.9 Å². The first-order chi connectivity index (χ1) is 11.0. The van der Waals surface area contributed by atoms with Crippen LogP contribution in [0.1, 0.15) is 35.7 Å². The van der Waals surface area contributed by atoms with Gasteiger partial charge in [-0.3, -0.25) is 4.79 Å². The standard InChI is InChI=1S/C17H21FN4O/c1-11(2)20-17(23)15-10-16(22-12(3)21-15)19-9-8-13-6-4-5-7-14(13)18/h4-7,10-11H,8-9H2,1-3H3,(H,20,23)(H,19,21,22). The lowest BCUT2D eigenvalue weighted by molar-refractivity contribution is 0.0937. The molecular formula is C17H21FN4O. The molecule has 0 aliphatic rings. The molecule has 23 heavy (non-hydrogen) atoms. The number of hydrogen-bond acceptors (Lipinski definition) is 4. The zero-order valence-electron chi connectivity index (χ0n) is 13.6. The molecule has 0 radical (unpaired) electrons. The quantitative estimate of drug-likeness (QED) is 0.860. The van der Waals surface area contributed by atoms with E-state index in [1.54, 1.807) is 25.1 Å². The summed E-state index contributed by atoms with van der Waals surface area (Å²) in [6, 6.07) is 8.31. The lowest BCUT2D eigenvalue weighted by Gasteiger charge is -2.11. The van der Waals surface area contributed by atoms with Crippen LogP contribution in [0.25, 0.3) is 0 Å². The predicted molar refractivity (Wildman–Crippen MR) is 88.0 cm³/mol. The zero-order chi connectivity index (χ0) is 16.8. The Kier molecular flexibility index (Phi) is 5.62. The van der Waals surface area contributed by atoms with E-state index < -0.39 is 0 Å². The molecule has 0 aliphatic carbocycles. The summed E-state index contributed by atoms with van der Waals surface area (Å²) in [7, 11) is 0. The lowest BCUT2D eigenvalue weighted by atomic mass is 10.1. The molecule has 2 N–H and O–H groups in total. The molecule has 122 valence electrons. The molecule has 1 aromatic carbocycles. The van der Waals surface area contributed by atoms with Crippen LogP contribution in [-0.2, 0) is 6.42 Å². The van der Waals surface area contributed by atoms with E-state index in [2.05, 4.69) is 20.6 Å². The average molecular weight is 316 g/mol. The van der Waals surface area contributed by atoms with Gasteiger partial charge in [0.1, 0.15) is 23.2 Å². The second kappa shape index (κ2) is 7.67. The highest BCUT2D eigenvalue weighted by molar-refractivity contribution is 5.93. The molecule has 6 heteroatoms. The summed E-state index contributed by atoms with van der Waals surface area (Å²) in [6.07, 6.45) is 0.531. The highest BCUT2D eigenvalue weighted by atomic mass is 19.1. The van der Waals surface area contributed by atoms with Crippen LogP contribution in [0.4, 0.5) is 10.2 Å². The number of benzene rings is 1. The summed E-state index contributed by atoms with van der Waals surface area (Å²) in [6.45, 7) is 6.02. The van der Waals surface area contributed by atoms with Gasteiger partial charge in [-0.1, -0.05) is 18.2 Å². The van der Waals surface area contributed by atoms with Crippen LogP contribution in [0.2, 0.25) is 0 Å². The van der Waals surface area contributed by atoms with E-state index in [1.807, 2.05) is 19.9 Å². The molecule has 0 fully saturated rings. The van der Waals surface area contributed by atoms with Gasteiger partial charge in [0.2, 0.25) is 0 Å². The van der Waals surface area contributed by atoms with E-state index in [4.69, 9.17) is 0 Å². The van der Waals surface area contributed by atoms with Gasteiger partial charge in [0.05, 0.1) is 0 Å². The number of hydrogen-bond donors (Lipinski definition) is 2. The summed E-state index contributed by atoms with van der Waals surface area (Å²) >= 11 is 0. The minimum Gasteiger partial charge on any atom is -0.370 e. The monoisotopic (exact) mass is 316 g/mol. The average Bonchev–Trinajstić information content (AvgIpc) is 2.48. The molecule has 0 spiro atoms. The summed E-state index contributed by atoms with van der Waals surface area (Å²) in [5, 5.41) is 5.91. The van der Waals surface area contributed by atoms with Crippen LogP contribution >= 0.6 is 0 Å². The summed E-state index contributed by atoms with van der Waals surface area (Å²) in [4.78, 5) is 20.4. The van der Waals surface area contributed by atoms with E-state index in [9.17, 15) is 9.18 Å². The fourth-order valence-electron chi connectivity index (χ4n) is 2.14. The lowest BCUT2D eigenvalue weighted by Crippen LogP contribution is -2.31. The zero-order valence-corrected chi connectivity index (χ0v) is 13.6. The first-order valence-corrected chi connectivity index (χ1v) is 7.59. The van der Waals surface area contributed by atoms with Gasteiger partial charge in [0, 0.05) is 18.7 Å². The summed E-state index contributed by atoms with van der Waals surface area (Å²) in [5.74, 6) is 0.616. The number of anilines is 1. The van der Waals surface area contributed by atoms with Crippen molar-refractivity contribution in [3.05, 3.63) is 53.2 Å². The third-order valence-electron chi connectivity index (χ3n) is 3.15. The number of aromatic nitrogens is 2. The number of halogens is 1. The Hall–Kier alpha value is -2.50. The number of nitrogens with one attached hydrogen (secondary N) is 2. The van der Waals surface area contributed by atoms with Gasteiger partial charge in [-0.05, 0) is 38.8 Å². The third-order valence-corrected chi connectivity index (χ3v) is 3.15. The van der Waals surface area contributed by atoms with Gasteiger partial charge < -0.3 is 10.6 Å².